The molecule has 0 saturated heterocycles. The second-order valence-electron chi connectivity index (χ2n) is 15.3. The van der Waals surface area contributed by atoms with E-state index in [1.165, 1.54) is 50.1 Å². The molecule has 0 unspecified atom stereocenters. The van der Waals surface area contributed by atoms with Crippen LogP contribution in [0.25, 0.3) is 89.4 Å². The fourth-order valence-electron chi connectivity index (χ4n) is 9.50. The highest BCUT2D eigenvalue weighted by molar-refractivity contribution is 6.05. The van der Waals surface area contributed by atoms with Crippen LogP contribution in [0.5, 0.6) is 0 Å². The summed E-state index contributed by atoms with van der Waals surface area (Å²) < 4.78 is 6.98. The van der Waals surface area contributed by atoms with Crippen LogP contribution in [0.2, 0.25) is 0 Å². The molecule has 1 spiro atoms. The summed E-state index contributed by atoms with van der Waals surface area (Å²) in [6.45, 7) is 0. The number of hydrogen-bond donors (Lipinski definition) is 0. The molecular weight excluding hydrogens is 705 g/mol. The van der Waals surface area contributed by atoms with Gasteiger partial charge < -0.3 is 4.42 Å². The van der Waals surface area contributed by atoms with Gasteiger partial charge in [-0.3, -0.25) is 0 Å². The number of aromatic nitrogens is 2. The molecule has 2 aliphatic carbocycles. The van der Waals surface area contributed by atoms with E-state index in [4.69, 9.17) is 14.4 Å². The summed E-state index contributed by atoms with van der Waals surface area (Å²) in [6, 6.07) is 73.5. The Hall–Kier alpha value is -7.62. The lowest BCUT2D eigenvalue weighted by molar-refractivity contribution is 0.507. The maximum absolute atomic E-state index is 6.98. The van der Waals surface area contributed by atoms with Gasteiger partial charge in [-0.2, -0.15) is 0 Å². The second-order valence-corrected chi connectivity index (χ2v) is 15.3. The molecule has 2 heterocycles. The Balaban J connectivity index is 1.02. The van der Waals surface area contributed by atoms with Gasteiger partial charge in [-0.25, -0.2) is 9.97 Å². The third-order valence-electron chi connectivity index (χ3n) is 12.1. The molecule has 8 aromatic carbocycles. The lowest BCUT2D eigenvalue weighted by Gasteiger charge is -2.28. The SMILES string of the molecule is c1ccc(-c2ccc(-c3cc(-c4cccc(-c5ccc6c(c5)C5(c7ccccc7-c7ccccc75)c5oc7ccccc7c5-6)c4)nc(-c4ccccc4)n3)cc2)cc1. The first-order valence-corrected chi connectivity index (χ1v) is 19.8. The third-order valence-corrected chi connectivity index (χ3v) is 12.1. The van der Waals surface area contributed by atoms with E-state index in [-0.39, 0.29) is 0 Å². The van der Waals surface area contributed by atoms with Gasteiger partial charge in [0, 0.05) is 27.6 Å². The standard InChI is InChI=1S/C55H34N2O/c1-3-14-35(15-4-1)36-26-28-37(29-27-36)49-34-50(57-54(56-49)38-16-5-2-6-17-38)41-19-13-18-39(32-41)40-30-31-44-48(33-40)55(53-52(44)45-22-9-12-25-51(45)58-53)46-23-10-7-20-42(46)43-21-8-11-24-47(43)55/h1-34H. The summed E-state index contributed by atoms with van der Waals surface area (Å²) in [5.74, 6) is 1.70. The van der Waals surface area contributed by atoms with Gasteiger partial charge in [0.15, 0.2) is 5.82 Å². The lowest BCUT2D eigenvalue weighted by Crippen LogP contribution is -2.25. The fraction of sp³-hybridized carbons (Fsp3) is 0.0182. The molecule has 58 heavy (non-hydrogen) atoms. The van der Waals surface area contributed by atoms with Gasteiger partial charge in [-0.05, 0) is 79.9 Å². The van der Waals surface area contributed by atoms with E-state index in [1.807, 2.05) is 24.3 Å². The van der Waals surface area contributed by atoms with Crippen molar-refractivity contribution in [3.05, 3.63) is 229 Å². The number of hydrogen-bond acceptors (Lipinski definition) is 3. The zero-order valence-electron chi connectivity index (χ0n) is 31.4. The van der Waals surface area contributed by atoms with E-state index in [9.17, 15) is 0 Å². The molecule has 3 heteroatoms. The van der Waals surface area contributed by atoms with Crippen molar-refractivity contribution in [3.63, 3.8) is 0 Å². The summed E-state index contributed by atoms with van der Waals surface area (Å²) >= 11 is 0. The van der Waals surface area contributed by atoms with Crippen LogP contribution >= 0.6 is 0 Å². The Morgan fingerprint density at radius 3 is 1.62 bits per heavy atom. The summed E-state index contributed by atoms with van der Waals surface area (Å²) in [6.07, 6.45) is 0. The van der Waals surface area contributed by atoms with E-state index in [1.54, 1.807) is 0 Å². The molecule has 270 valence electrons. The summed E-state index contributed by atoms with van der Waals surface area (Å²) in [4.78, 5) is 10.3. The predicted molar refractivity (Wildman–Crippen MR) is 235 cm³/mol. The van der Waals surface area contributed by atoms with Crippen molar-refractivity contribution in [2.24, 2.45) is 0 Å². The highest BCUT2D eigenvalue weighted by atomic mass is 16.3. The van der Waals surface area contributed by atoms with Crippen LogP contribution in [0.15, 0.2) is 211 Å². The number of furan rings is 1. The van der Waals surface area contributed by atoms with Crippen LogP contribution < -0.4 is 0 Å². The molecule has 0 saturated carbocycles. The zero-order chi connectivity index (χ0) is 38.2. The van der Waals surface area contributed by atoms with Crippen LogP contribution in [-0.4, -0.2) is 9.97 Å². The van der Waals surface area contributed by atoms with Crippen LogP contribution in [-0.2, 0) is 5.41 Å². The fourth-order valence-corrected chi connectivity index (χ4v) is 9.50. The maximum Gasteiger partial charge on any atom is 0.160 e. The number of nitrogens with zero attached hydrogens (tertiary/aromatic N) is 2. The number of fused-ring (bicyclic) bond motifs is 12. The van der Waals surface area contributed by atoms with Crippen molar-refractivity contribution in [2.45, 2.75) is 5.41 Å². The molecule has 3 nitrogen and oxygen atoms in total. The Labute approximate surface area is 336 Å². The normalized spacial score (nSPS) is 13.0. The van der Waals surface area contributed by atoms with Gasteiger partial charge in [0.25, 0.3) is 0 Å². The maximum atomic E-state index is 6.98. The monoisotopic (exact) mass is 738 g/mol. The predicted octanol–water partition coefficient (Wildman–Crippen LogP) is 13.9. The molecule has 0 N–H and O–H groups in total. The van der Waals surface area contributed by atoms with Gasteiger partial charge >= 0.3 is 0 Å². The van der Waals surface area contributed by atoms with E-state index in [0.717, 1.165) is 55.9 Å². The van der Waals surface area contributed by atoms with Crippen molar-refractivity contribution in [1.29, 1.82) is 0 Å². The van der Waals surface area contributed by atoms with Crippen molar-refractivity contribution in [3.8, 4) is 78.4 Å². The van der Waals surface area contributed by atoms with E-state index >= 15 is 0 Å². The van der Waals surface area contributed by atoms with Crippen molar-refractivity contribution in [2.75, 3.05) is 0 Å². The van der Waals surface area contributed by atoms with Crippen LogP contribution in [0.1, 0.15) is 22.5 Å². The highest BCUT2D eigenvalue weighted by Crippen LogP contribution is 2.64. The lowest BCUT2D eigenvalue weighted by atomic mass is 9.72. The quantitative estimate of drug-likeness (QED) is 0.176. The molecule has 2 aliphatic rings. The molecule has 0 bridgehead atoms. The Bertz CT molecular complexity index is 3170. The average Bonchev–Trinajstić information content (AvgIpc) is 3.93. The number of benzene rings is 8. The van der Waals surface area contributed by atoms with E-state index in [2.05, 4.69) is 182 Å². The molecule has 12 rings (SSSR count). The molecular formula is C55H34N2O. The number of rotatable bonds is 5. The Kier molecular flexibility index (Phi) is 7.14. The molecule has 0 radical (unpaired) electrons. The Morgan fingerprint density at radius 2 is 0.879 bits per heavy atom. The minimum atomic E-state index is -0.577. The smallest absolute Gasteiger partial charge is 0.160 e. The molecule has 2 aromatic heterocycles. The van der Waals surface area contributed by atoms with Gasteiger partial charge in [0.1, 0.15) is 16.8 Å². The van der Waals surface area contributed by atoms with Crippen molar-refractivity contribution < 1.29 is 4.42 Å². The minimum absolute atomic E-state index is 0.577. The van der Waals surface area contributed by atoms with E-state index < -0.39 is 5.41 Å². The minimum Gasteiger partial charge on any atom is -0.459 e. The van der Waals surface area contributed by atoms with Gasteiger partial charge in [0.05, 0.1) is 11.4 Å². The largest absolute Gasteiger partial charge is 0.459 e. The molecule has 0 atom stereocenters. The third kappa shape index (κ3) is 4.80. The van der Waals surface area contributed by atoms with Gasteiger partial charge in [0.2, 0.25) is 0 Å². The molecule has 0 fully saturated rings. The summed E-state index contributed by atoms with van der Waals surface area (Å²) in [5, 5.41) is 1.15. The van der Waals surface area contributed by atoms with E-state index in [0.29, 0.717) is 5.82 Å². The van der Waals surface area contributed by atoms with Gasteiger partial charge in [-0.1, -0.05) is 182 Å². The Morgan fingerprint density at radius 1 is 0.345 bits per heavy atom. The first-order valence-electron chi connectivity index (χ1n) is 19.8. The van der Waals surface area contributed by atoms with Crippen LogP contribution in [0.4, 0.5) is 0 Å². The van der Waals surface area contributed by atoms with Crippen molar-refractivity contribution >= 4 is 11.0 Å². The second kappa shape index (κ2) is 12.7. The summed E-state index contributed by atoms with van der Waals surface area (Å²) in [5.41, 5.74) is 18.5. The van der Waals surface area contributed by atoms with Crippen LogP contribution in [0, 0.1) is 0 Å². The highest BCUT2D eigenvalue weighted by Gasteiger charge is 2.55. The topological polar surface area (TPSA) is 38.9 Å². The van der Waals surface area contributed by atoms with Crippen molar-refractivity contribution in [1.82, 2.24) is 9.97 Å². The summed E-state index contributed by atoms with van der Waals surface area (Å²) in [7, 11) is 0. The zero-order valence-corrected chi connectivity index (χ0v) is 31.4. The first kappa shape index (κ1) is 32.6. The molecule has 0 amide bonds. The van der Waals surface area contributed by atoms with Crippen LogP contribution in [0.3, 0.4) is 0 Å². The first-order chi connectivity index (χ1) is 28.7. The average molecular weight is 739 g/mol. The van der Waals surface area contributed by atoms with Gasteiger partial charge in [-0.15, -0.1) is 0 Å². The molecule has 10 aromatic rings. The molecule has 0 aliphatic heterocycles. The number of para-hydroxylation sites is 1.